The average molecular weight is 352 g/mol. The van der Waals surface area contributed by atoms with E-state index in [-0.39, 0.29) is 0 Å². The summed E-state index contributed by atoms with van der Waals surface area (Å²) in [4.78, 5) is 4.48. The maximum absolute atomic E-state index is 4.48. The van der Waals surface area contributed by atoms with Crippen molar-refractivity contribution in [1.29, 1.82) is 0 Å². The topological polar surface area (TPSA) is 24.9 Å². The van der Waals surface area contributed by atoms with Crippen LogP contribution >= 0.6 is 22.6 Å². The first-order chi connectivity index (χ1) is 8.70. The molecule has 0 bridgehead atoms. The highest BCUT2D eigenvalue weighted by atomic mass is 127. The normalized spacial score (nSPS) is 12.4. The minimum atomic E-state index is 0.313. The van der Waals surface area contributed by atoms with Gasteiger partial charge in [-0.05, 0) is 59.8 Å². The molecule has 2 aromatic rings. The fourth-order valence-electron chi connectivity index (χ4n) is 1.95. The molecule has 0 amide bonds. The van der Waals surface area contributed by atoms with Gasteiger partial charge in [0.15, 0.2) is 0 Å². The Balaban J connectivity index is 2.20. The second-order valence-corrected chi connectivity index (χ2v) is 5.56. The zero-order valence-corrected chi connectivity index (χ0v) is 12.8. The predicted molar refractivity (Wildman–Crippen MR) is 83.6 cm³/mol. The van der Waals surface area contributed by atoms with Gasteiger partial charge in [-0.15, -0.1) is 0 Å². The van der Waals surface area contributed by atoms with Crippen molar-refractivity contribution < 1.29 is 0 Å². The van der Waals surface area contributed by atoms with Gasteiger partial charge >= 0.3 is 0 Å². The van der Waals surface area contributed by atoms with E-state index in [4.69, 9.17) is 0 Å². The lowest BCUT2D eigenvalue weighted by Gasteiger charge is -2.17. The molecular weight excluding hydrogens is 335 g/mol. The van der Waals surface area contributed by atoms with E-state index in [9.17, 15) is 0 Å². The van der Waals surface area contributed by atoms with E-state index in [0.717, 1.165) is 12.1 Å². The van der Waals surface area contributed by atoms with Crippen molar-refractivity contribution in [3.8, 4) is 0 Å². The van der Waals surface area contributed by atoms with Crippen LogP contribution in [0.2, 0.25) is 0 Å². The molecule has 1 aromatic heterocycles. The van der Waals surface area contributed by atoms with E-state index in [1.165, 1.54) is 14.7 Å². The smallest absolute Gasteiger partial charge is 0.0422 e. The number of nitrogens with zero attached hydrogens (tertiary/aromatic N) is 1. The minimum absolute atomic E-state index is 0.313. The summed E-state index contributed by atoms with van der Waals surface area (Å²) in [6, 6.07) is 13.0. The second kappa shape index (κ2) is 6.29. The van der Waals surface area contributed by atoms with Crippen LogP contribution in [0.1, 0.15) is 22.9 Å². The molecular formula is C15H17IN2. The molecule has 3 heteroatoms. The van der Waals surface area contributed by atoms with Gasteiger partial charge in [-0.2, -0.15) is 0 Å². The Hall–Kier alpha value is -0.940. The number of halogens is 1. The Morgan fingerprint density at radius 1 is 1.22 bits per heavy atom. The van der Waals surface area contributed by atoms with Crippen LogP contribution in [0.15, 0.2) is 42.6 Å². The highest BCUT2D eigenvalue weighted by Gasteiger charge is 2.13. The van der Waals surface area contributed by atoms with Crippen molar-refractivity contribution in [3.05, 3.63) is 63.0 Å². The second-order valence-electron chi connectivity index (χ2n) is 4.39. The quantitative estimate of drug-likeness (QED) is 0.852. The third-order valence-electron chi connectivity index (χ3n) is 3.01. The van der Waals surface area contributed by atoms with Gasteiger partial charge in [0.2, 0.25) is 0 Å². The van der Waals surface area contributed by atoms with Crippen molar-refractivity contribution in [3.63, 3.8) is 0 Å². The Morgan fingerprint density at radius 3 is 2.61 bits per heavy atom. The molecule has 1 heterocycles. The Kier molecular flexibility index (Phi) is 4.72. The third kappa shape index (κ3) is 3.29. The maximum Gasteiger partial charge on any atom is 0.0422 e. The SMILES string of the molecule is CNC(Cc1ccc(C)cn1)c1ccccc1I. The number of aryl methyl sites for hydroxylation is 1. The molecule has 1 N–H and O–H groups in total. The third-order valence-corrected chi connectivity index (χ3v) is 4.00. The molecule has 2 rings (SSSR count). The van der Waals surface area contributed by atoms with Crippen LogP contribution in [-0.4, -0.2) is 12.0 Å². The van der Waals surface area contributed by atoms with Crippen molar-refractivity contribution in [2.24, 2.45) is 0 Å². The van der Waals surface area contributed by atoms with Crippen LogP contribution in [0.4, 0.5) is 0 Å². The summed E-state index contributed by atoms with van der Waals surface area (Å²) in [7, 11) is 2.00. The van der Waals surface area contributed by atoms with Crippen molar-refractivity contribution in [1.82, 2.24) is 10.3 Å². The molecule has 0 saturated carbocycles. The molecule has 0 spiro atoms. The molecule has 1 atom stereocenters. The number of hydrogen-bond acceptors (Lipinski definition) is 2. The minimum Gasteiger partial charge on any atom is -0.313 e. The van der Waals surface area contributed by atoms with Gasteiger partial charge < -0.3 is 5.32 Å². The van der Waals surface area contributed by atoms with Crippen LogP contribution < -0.4 is 5.32 Å². The van der Waals surface area contributed by atoms with Crippen LogP contribution in [0.5, 0.6) is 0 Å². The van der Waals surface area contributed by atoms with Crippen LogP contribution in [0, 0.1) is 10.5 Å². The molecule has 2 nitrogen and oxygen atoms in total. The summed E-state index contributed by atoms with van der Waals surface area (Å²) >= 11 is 2.39. The summed E-state index contributed by atoms with van der Waals surface area (Å²) in [5.74, 6) is 0. The lowest BCUT2D eigenvalue weighted by Crippen LogP contribution is -2.20. The monoisotopic (exact) mass is 352 g/mol. The zero-order valence-electron chi connectivity index (χ0n) is 10.7. The summed E-state index contributed by atoms with van der Waals surface area (Å²) in [6.07, 6.45) is 2.84. The molecule has 18 heavy (non-hydrogen) atoms. The van der Waals surface area contributed by atoms with E-state index < -0.39 is 0 Å². The number of nitrogens with one attached hydrogen (secondary N) is 1. The first-order valence-corrected chi connectivity index (χ1v) is 7.12. The van der Waals surface area contributed by atoms with Gasteiger partial charge in [-0.25, -0.2) is 0 Å². The fourth-order valence-corrected chi connectivity index (χ4v) is 2.72. The van der Waals surface area contributed by atoms with Crippen LogP contribution in [0.25, 0.3) is 0 Å². The van der Waals surface area contributed by atoms with E-state index >= 15 is 0 Å². The predicted octanol–water partition coefficient (Wildman–Crippen LogP) is 3.50. The molecule has 1 aromatic carbocycles. The van der Waals surface area contributed by atoms with Crippen molar-refractivity contribution in [2.45, 2.75) is 19.4 Å². The molecule has 0 aliphatic carbocycles. The Bertz CT molecular complexity index is 508. The van der Waals surface area contributed by atoms with E-state index in [1.807, 2.05) is 13.2 Å². The molecule has 94 valence electrons. The maximum atomic E-state index is 4.48. The summed E-state index contributed by atoms with van der Waals surface area (Å²) in [5.41, 5.74) is 3.66. The van der Waals surface area contributed by atoms with Gasteiger partial charge in [0.1, 0.15) is 0 Å². The van der Waals surface area contributed by atoms with Crippen molar-refractivity contribution in [2.75, 3.05) is 7.05 Å². The van der Waals surface area contributed by atoms with Gasteiger partial charge in [0, 0.05) is 27.9 Å². The van der Waals surface area contributed by atoms with E-state index in [1.54, 1.807) is 0 Å². The standard InChI is InChI=1S/C15H17IN2/c1-11-7-8-12(18-10-11)9-15(17-2)13-5-3-4-6-14(13)16/h3-8,10,15,17H,9H2,1-2H3. The summed E-state index contributed by atoms with van der Waals surface area (Å²) in [5, 5.41) is 3.38. The number of aromatic nitrogens is 1. The number of likely N-dealkylation sites (N-methyl/N-ethyl adjacent to an activating group) is 1. The lowest BCUT2D eigenvalue weighted by atomic mass is 10.0. The zero-order chi connectivity index (χ0) is 13.0. The number of pyridine rings is 1. The molecule has 0 saturated heterocycles. The summed E-state index contributed by atoms with van der Waals surface area (Å²) in [6.45, 7) is 2.06. The first kappa shape index (κ1) is 13.5. The average Bonchev–Trinajstić information content (AvgIpc) is 2.39. The Labute approximate surface area is 122 Å². The molecule has 0 aliphatic rings. The van der Waals surface area contributed by atoms with Crippen LogP contribution in [-0.2, 0) is 6.42 Å². The first-order valence-electron chi connectivity index (χ1n) is 6.04. The molecule has 0 fully saturated rings. The summed E-state index contributed by atoms with van der Waals surface area (Å²) < 4.78 is 1.29. The number of hydrogen-bond donors (Lipinski definition) is 1. The Morgan fingerprint density at radius 2 is 2.00 bits per heavy atom. The van der Waals surface area contributed by atoms with Gasteiger partial charge in [-0.3, -0.25) is 4.98 Å². The van der Waals surface area contributed by atoms with Gasteiger partial charge in [-0.1, -0.05) is 24.3 Å². The van der Waals surface area contributed by atoms with Gasteiger partial charge in [0.25, 0.3) is 0 Å². The van der Waals surface area contributed by atoms with Crippen LogP contribution in [0.3, 0.4) is 0 Å². The lowest BCUT2D eigenvalue weighted by molar-refractivity contribution is 0.582. The highest BCUT2D eigenvalue weighted by molar-refractivity contribution is 14.1. The molecule has 0 aliphatic heterocycles. The number of rotatable bonds is 4. The van der Waals surface area contributed by atoms with E-state index in [2.05, 4.69) is 76.2 Å². The molecule has 0 radical (unpaired) electrons. The number of benzene rings is 1. The fraction of sp³-hybridized carbons (Fsp3) is 0.267. The highest BCUT2D eigenvalue weighted by Crippen LogP contribution is 2.22. The molecule has 1 unspecified atom stereocenters. The van der Waals surface area contributed by atoms with Gasteiger partial charge in [0.05, 0.1) is 0 Å². The van der Waals surface area contributed by atoms with Crippen molar-refractivity contribution >= 4 is 22.6 Å². The largest absolute Gasteiger partial charge is 0.313 e. The van der Waals surface area contributed by atoms with E-state index in [0.29, 0.717) is 6.04 Å².